The van der Waals surface area contributed by atoms with Gasteiger partial charge in [0, 0.05) is 12.3 Å². The van der Waals surface area contributed by atoms with Crippen LogP contribution in [0.1, 0.15) is 94.8 Å². The number of nitrogens with one attached hydrogen (secondary N) is 1. The van der Waals surface area contributed by atoms with E-state index in [1.165, 1.54) is 37.5 Å². The number of amides is 1. The van der Waals surface area contributed by atoms with Crippen LogP contribution < -0.4 is 5.32 Å². The second kappa shape index (κ2) is 19.4. The largest absolute Gasteiger partial charge is 0.507 e. The summed E-state index contributed by atoms with van der Waals surface area (Å²) in [6.07, 6.45) is 24.3. The fourth-order valence-corrected chi connectivity index (χ4v) is 3.51. The Morgan fingerprint density at radius 2 is 1.54 bits per heavy atom. The fourth-order valence-electron chi connectivity index (χ4n) is 3.51. The van der Waals surface area contributed by atoms with E-state index < -0.39 is 12.1 Å². The zero-order valence-corrected chi connectivity index (χ0v) is 21.4. The minimum Gasteiger partial charge on any atom is -0.507 e. The van der Waals surface area contributed by atoms with Gasteiger partial charge in [-0.2, -0.15) is 0 Å². The van der Waals surface area contributed by atoms with Crippen LogP contribution in [0.3, 0.4) is 0 Å². The molecular formula is C29H43NO5. The lowest BCUT2D eigenvalue weighted by Gasteiger charge is -2.16. The van der Waals surface area contributed by atoms with Crippen LogP contribution in [0.15, 0.2) is 54.7 Å². The first-order chi connectivity index (χ1) is 17.0. The summed E-state index contributed by atoms with van der Waals surface area (Å²) < 4.78 is 5.75. The summed E-state index contributed by atoms with van der Waals surface area (Å²) in [5.41, 5.74) is 0.0642. The molecule has 0 radical (unpaired) electrons. The summed E-state index contributed by atoms with van der Waals surface area (Å²) in [6, 6.07) is 3.96. The third kappa shape index (κ3) is 14.2. The lowest BCUT2D eigenvalue weighted by atomic mass is 10.1. The van der Waals surface area contributed by atoms with E-state index in [0.717, 1.165) is 44.9 Å². The summed E-state index contributed by atoms with van der Waals surface area (Å²) >= 11 is 0. The summed E-state index contributed by atoms with van der Waals surface area (Å²) in [5, 5.41) is 21.3. The molecule has 6 heteroatoms. The van der Waals surface area contributed by atoms with Crippen molar-refractivity contribution in [1.82, 2.24) is 0 Å². The van der Waals surface area contributed by atoms with E-state index in [2.05, 4.69) is 48.7 Å². The van der Waals surface area contributed by atoms with Crippen molar-refractivity contribution in [2.75, 3.05) is 11.9 Å². The lowest BCUT2D eigenvalue weighted by Crippen LogP contribution is -2.30. The van der Waals surface area contributed by atoms with Gasteiger partial charge in [0.25, 0.3) is 5.91 Å². The number of rotatable bonds is 19. The second-order valence-electron chi connectivity index (χ2n) is 8.50. The number of aromatic carboxylic acids is 1. The van der Waals surface area contributed by atoms with Crippen LogP contribution in [0.4, 0.5) is 5.69 Å². The predicted octanol–water partition coefficient (Wildman–Crippen LogP) is 7.41. The molecule has 0 aliphatic heterocycles. The molecular weight excluding hydrogens is 442 g/mol. The molecule has 1 amide bonds. The maximum absolute atomic E-state index is 12.5. The van der Waals surface area contributed by atoms with Crippen LogP contribution in [-0.2, 0) is 9.53 Å². The van der Waals surface area contributed by atoms with Crippen LogP contribution in [0, 0.1) is 0 Å². The normalized spacial score (nSPS) is 12.6. The third-order valence-corrected chi connectivity index (χ3v) is 5.52. The van der Waals surface area contributed by atoms with Gasteiger partial charge < -0.3 is 20.3 Å². The van der Waals surface area contributed by atoms with Gasteiger partial charge in [-0.15, -0.1) is 0 Å². The van der Waals surface area contributed by atoms with Gasteiger partial charge in [0.05, 0.1) is 0 Å². The van der Waals surface area contributed by atoms with Gasteiger partial charge in [0.2, 0.25) is 0 Å². The SMILES string of the molecule is CC/C=C\C/C=C\C/C=C\CCCCCCCCOC(CC)C(=O)Nc1ccc(O)c(C(=O)O)c1. The number of benzene rings is 1. The maximum atomic E-state index is 12.5. The van der Waals surface area contributed by atoms with Crippen molar-refractivity contribution in [3.05, 3.63) is 60.2 Å². The van der Waals surface area contributed by atoms with Gasteiger partial charge in [0.1, 0.15) is 17.4 Å². The molecule has 0 heterocycles. The van der Waals surface area contributed by atoms with Gasteiger partial charge in [-0.3, -0.25) is 4.79 Å². The molecule has 1 atom stereocenters. The van der Waals surface area contributed by atoms with Crippen LogP contribution in [0.5, 0.6) is 5.75 Å². The molecule has 1 aromatic rings. The maximum Gasteiger partial charge on any atom is 0.339 e. The van der Waals surface area contributed by atoms with E-state index >= 15 is 0 Å². The van der Waals surface area contributed by atoms with Crippen LogP contribution >= 0.6 is 0 Å². The van der Waals surface area contributed by atoms with E-state index in [-0.39, 0.29) is 17.2 Å². The molecule has 0 bridgehead atoms. The molecule has 194 valence electrons. The number of phenols is 1. The number of hydrogen-bond acceptors (Lipinski definition) is 4. The Hall–Kier alpha value is -2.86. The number of carboxylic acid groups (broad SMARTS) is 1. The van der Waals surface area contributed by atoms with Crippen molar-refractivity contribution in [3.8, 4) is 5.75 Å². The standard InChI is InChI=1S/C29H43NO5/c1-3-5-6-7-8-9-10-11-12-13-14-15-16-17-18-19-22-35-27(4-2)28(32)30-24-20-21-26(31)25(23-24)29(33)34/h5-6,8-9,11-12,20-21,23,27,31H,3-4,7,10,13-19,22H2,1-2H3,(H,30,32)(H,33,34)/b6-5-,9-8-,12-11-. The zero-order chi connectivity index (χ0) is 25.7. The summed E-state index contributed by atoms with van der Waals surface area (Å²) in [5.74, 6) is -1.90. The molecule has 0 spiro atoms. The highest BCUT2D eigenvalue weighted by atomic mass is 16.5. The highest BCUT2D eigenvalue weighted by Gasteiger charge is 2.18. The van der Waals surface area contributed by atoms with Gasteiger partial charge >= 0.3 is 5.97 Å². The molecule has 6 nitrogen and oxygen atoms in total. The lowest BCUT2D eigenvalue weighted by molar-refractivity contribution is -0.127. The summed E-state index contributed by atoms with van der Waals surface area (Å²) in [4.78, 5) is 23.6. The third-order valence-electron chi connectivity index (χ3n) is 5.52. The van der Waals surface area contributed by atoms with Crippen molar-refractivity contribution in [3.63, 3.8) is 0 Å². The van der Waals surface area contributed by atoms with E-state index in [0.29, 0.717) is 18.7 Å². The minimum absolute atomic E-state index is 0.254. The number of ether oxygens (including phenoxy) is 1. The highest BCUT2D eigenvalue weighted by Crippen LogP contribution is 2.22. The first-order valence-corrected chi connectivity index (χ1v) is 12.9. The number of unbranched alkanes of at least 4 members (excludes halogenated alkanes) is 6. The molecule has 1 rings (SSSR count). The number of carbonyl (C=O) groups excluding carboxylic acids is 1. The molecule has 35 heavy (non-hydrogen) atoms. The van der Waals surface area contributed by atoms with E-state index in [1.54, 1.807) is 0 Å². The Bertz CT molecular complexity index is 828. The van der Waals surface area contributed by atoms with Gasteiger partial charge in [-0.1, -0.05) is 76.0 Å². The first-order valence-electron chi connectivity index (χ1n) is 12.9. The van der Waals surface area contributed by atoms with Gasteiger partial charge in [-0.05, 0) is 63.1 Å². The van der Waals surface area contributed by atoms with Crippen molar-refractivity contribution in [1.29, 1.82) is 0 Å². The average molecular weight is 486 g/mol. The van der Waals surface area contributed by atoms with Crippen molar-refractivity contribution >= 4 is 17.6 Å². The van der Waals surface area contributed by atoms with Crippen molar-refractivity contribution in [2.24, 2.45) is 0 Å². The predicted molar refractivity (Wildman–Crippen MR) is 143 cm³/mol. The second-order valence-corrected chi connectivity index (χ2v) is 8.50. The molecule has 0 saturated carbocycles. The number of hydrogen-bond donors (Lipinski definition) is 3. The van der Waals surface area contributed by atoms with Crippen molar-refractivity contribution < 1.29 is 24.5 Å². The Morgan fingerprint density at radius 1 is 0.914 bits per heavy atom. The summed E-state index contributed by atoms with van der Waals surface area (Å²) in [7, 11) is 0. The van der Waals surface area contributed by atoms with E-state index in [9.17, 15) is 14.7 Å². The van der Waals surface area contributed by atoms with Crippen LogP contribution in [-0.4, -0.2) is 34.8 Å². The Labute approximate surface area is 210 Å². The summed E-state index contributed by atoms with van der Waals surface area (Å²) in [6.45, 7) is 4.54. The van der Waals surface area contributed by atoms with Crippen molar-refractivity contribution in [2.45, 2.75) is 90.6 Å². The van der Waals surface area contributed by atoms with Crippen LogP contribution in [0.2, 0.25) is 0 Å². The molecule has 0 aliphatic rings. The van der Waals surface area contributed by atoms with Gasteiger partial charge in [0.15, 0.2) is 0 Å². The van der Waals surface area contributed by atoms with E-state index in [1.807, 2.05) is 6.92 Å². The zero-order valence-electron chi connectivity index (χ0n) is 21.4. The molecule has 3 N–H and O–H groups in total. The number of aromatic hydroxyl groups is 1. The topological polar surface area (TPSA) is 95.9 Å². The number of carbonyl (C=O) groups is 2. The molecule has 0 aromatic heterocycles. The highest BCUT2D eigenvalue weighted by molar-refractivity contribution is 5.97. The molecule has 0 saturated heterocycles. The minimum atomic E-state index is -1.25. The van der Waals surface area contributed by atoms with Gasteiger partial charge in [-0.25, -0.2) is 4.79 Å². The quantitative estimate of drug-likeness (QED) is 0.108. The van der Waals surface area contributed by atoms with E-state index in [4.69, 9.17) is 9.84 Å². The smallest absolute Gasteiger partial charge is 0.339 e. The fraction of sp³-hybridized carbons (Fsp3) is 0.517. The molecule has 1 unspecified atom stereocenters. The number of anilines is 1. The Balaban J connectivity index is 2.11. The molecule has 0 aliphatic carbocycles. The Kier molecular flexibility index (Phi) is 16.8. The van der Waals surface area contributed by atoms with Crippen LogP contribution in [0.25, 0.3) is 0 Å². The first kappa shape index (κ1) is 30.2. The monoisotopic (exact) mass is 485 g/mol. The number of allylic oxidation sites excluding steroid dienone is 6. The average Bonchev–Trinajstić information content (AvgIpc) is 2.84. The molecule has 0 fully saturated rings. The Morgan fingerprint density at radius 3 is 2.20 bits per heavy atom. The number of carboxylic acids is 1. The molecule has 1 aromatic carbocycles.